The molecule has 0 saturated carbocycles. The van der Waals surface area contributed by atoms with Gasteiger partial charge in [-0.15, -0.1) is 10.2 Å². The van der Waals surface area contributed by atoms with E-state index < -0.39 is 0 Å². The summed E-state index contributed by atoms with van der Waals surface area (Å²) in [7, 11) is 4.24. The molecule has 0 aliphatic heterocycles. The molecule has 2 rings (SSSR count). The number of rotatable bonds is 8. The summed E-state index contributed by atoms with van der Waals surface area (Å²) in [5.41, 5.74) is 1.47. The Hall–Kier alpha value is -1.20. The zero-order chi connectivity index (χ0) is 17.7. The third-order valence-electron chi connectivity index (χ3n) is 5.19. The van der Waals surface area contributed by atoms with Crippen LogP contribution in [0.1, 0.15) is 39.0 Å². The van der Waals surface area contributed by atoms with Gasteiger partial charge in [-0.05, 0) is 51.1 Å². The summed E-state index contributed by atoms with van der Waals surface area (Å²) in [5.74, 6) is 3.96. The van der Waals surface area contributed by atoms with Crippen molar-refractivity contribution in [3.63, 3.8) is 0 Å². The van der Waals surface area contributed by atoms with E-state index in [1.807, 2.05) is 6.92 Å². The van der Waals surface area contributed by atoms with Crippen LogP contribution in [0.15, 0.2) is 16.1 Å². The van der Waals surface area contributed by atoms with Gasteiger partial charge in [-0.2, -0.15) is 0 Å². The zero-order valence-electron chi connectivity index (χ0n) is 16.2. The molecule has 0 amide bonds. The summed E-state index contributed by atoms with van der Waals surface area (Å²) < 4.78 is 5.59. The van der Waals surface area contributed by atoms with Crippen molar-refractivity contribution >= 4 is 0 Å². The Bertz CT molecular complexity index is 535. The third-order valence-corrected chi connectivity index (χ3v) is 5.19. The van der Waals surface area contributed by atoms with Crippen molar-refractivity contribution in [3.8, 4) is 0 Å². The van der Waals surface area contributed by atoms with Gasteiger partial charge >= 0.3 is 0 Å². The lowest BCUT2D eigenvalue weighted by molar-refractivity contribution is 0.217. The lowest BCUT2D eigenvalue weighted by Crippen LogP contribution is -2.37. The molecule has 0 saturated heterocycles. The Labute approximate surface area is 146 Å². The highest BCUT2D eigenvalue weighted by Crippen LogP contribution is 2.38. The average molecular weight is 335 g/mol. The van der Waals surface area contributed by atoms with Crippen molar-refractivity contribution in [2.24, 2.45) is 23.7 Å². The molecule has 0 radical (unpaired) electrons. The number of allylic oxidation sites excluding steroid dienone is 1. The molecular formula is C19H34N4O. The van der Waals surface area contributed by atoms with E-state index in [4.69, 9.17) is 4.42 Å². The minimum absolute atomic E-state index is 0.523. The molecule has 0 bridgehead atoms. The van der Waals surface area contributed by atoms with Gasteiger partial charge in [0.15, 0.2) is 0 Å². The molecule has 0 spiro atoms. The van der Waals surface area contributed by atoms with Crippen LogP contribution in [0.3, 0.4) is 0 Å². The molecule has 1 aliphatic carbocycles. The quantitative estimate of drug-likeness (QED) is 0.585. The van der Waals surface area contributed by atoms with Gasteiger partial charge in [0.2, 0.25) is 11.8 Å². The van der Waals surface area contributed by atoms with Crippen molar-refractivity contribution in [1.82, 2.24) is 20.4 Å². The van der Waals surface area contributed by atoms with Crippen molar-refractivity contribution in [1.29, 1.82) is 0 Å². The summed E-state index contributed by atoms with van der Waals surface area (Å²) in [6.45, 7) is 12.0. The van der Waals surface area contributed by atoms with E-state index in [2.05, 4.69) is 61.4 Å². The third kappa shape index (κ3) is 5.42. The van der Waals surface area contributed by atoms with Crippen molar-refractivity contribution in [2.75, 3.05) is 33.7 Å². The van der Waals surface area contributed by atoms with Crippen LogP contribution in [0.2, 0.25) is 0 Å². The molecule has 5 nitrogen and oxygen atoms in total. The first kappa shape index (κ1) is 19.1. The van der Waals surface area contributed by atoms with E-state index in [0.717, 1.165) is 31.9 Å². The van der Waals surface area contributed by atoms with Crippen molar-refractivity contribution < 1.29 is 4.42 Å². The molecule has 3 atom stereocenters. The number of aryl methyl sites for hydroxylation is 1. The second-order valence-electron chi connectivity index (χ2n) is 7.84. The molecule has 0 unspecified atom stereocenters. The lowest BCUT2D eigenvalue weighted by atomic mass is 9.70. The molecule has 1 heterocycles. The summed E-state index contributed by atoms with van der Waals surface area (Å²) >= 11 is 0. The minimum atomic E-state index is 0.523. The van der Waals surface area contributed by atoms with Crippen LogP contribution in [0.4, 0.5) is 0 Å². The molecule has 1 aromatic heterocycles. The van der Waals surface area contributed by atoms with E-state index in [1.165, 1.54) is 12.0 Å². The van der Waals surface area contributed by atoms with Crippen LogP contribution in [0, 0.1) is 30.6 Å². The Morgan fingerprint density at radius 1 is 1.29 bits per heavy atom. The highest BCUT2D eigenvalue weighted by atomic mass is 16.4. The van der Waals surface area contributed by atoms with E-state index in [0.29, 0.717) is 29.6 Å². The Morgan fingerprint density at radius 2 is 2.04 bits per heavy atom. The summed E-state index contributed by atoms with van der Waals surface area (Å²) in [6, 6.07) is 0. The minimum Gasteiger partial charge on any atom is -0.426 e. The molecular weight excluding hydrogens is 300 g/mol. The summed E-state index contributed by atoms with van der Waals surface area (Å²) in [6.07, 6.45) is 4.57. The maximum absolute atomic E-state index is 5.59. The SMILES string of the molecule is CC1=C[C@@H](CNCCN(C)C)[C@H](C(C)C)C[C@@H]1Cc1nnc(C)o1. The Morgan fingerprint density at radius 3 is 2.62 bits per heavy atom. The van der Waals surface area contributed by atoms with Crippen LogP contribution in [0.25, 0.3) is 0 Å². The highest BCUT2D eigenvalue weighted by Gasteiger charge is 2.32. The second-order valence-corrected chi connectivity index (χ2v) is 7.84. The summed E-state index contributed by atoms with van der Waals surface area (Å²) in [5, 5.41) is 11.8. The monoisotopic (exact) mass is 334 g/mol. The maximum atomic E-state index is 5.59. The van der Waals surface area contributed by atoms with Crippen molar-refractivity contribution in [3.05, 3.63) is 23.4 Å². The van der Waals surface area contributed by atoms with Gasteiger partial charge < -0.3 is 14.6 Å². The molecule has 0 aromatic carbocycles. The van der Waals surface area contributed by atoms with Gasteiger partial charge in [0, 0.05) is 33.0 Å². The number of nitrogens with one attached hydrogen (secondary N) is 1. The van der Waals surface area contributed by atoms with Gasteiger partial charge in [-0.1, -0.05) is 25.5 Å². The fourth-order valence-corrected chi connectivity index (χ4v) is 3.71. The molecule has 136 valence electrons. The number of likely N-dealkylation sites (N-methyl/N-ethyl adjacent to an activating group) is 1. The molecule has 5 heteroatoms. The fourth-order valence-electron chi connectivity index (χ4n) is 3.71. The van der Waals surface area contributed by atoms with Crippen LogP contribution in [-0.2, 0) is 6.42 Å². The van der Waals surface area contributed by atoms with Gasteiger partial charge in [0.1, 0.15) is 0 Å². The van der Waals surface area contributed by atoms with Crippen LogP contribution in [0.5, 0.6) is 0 Å². The van der Waals surface area contributed by atoms with Crippen LogP contribution >= 0.6 is 0 Å². The Kier molecular flexibility index (Phi) is 6.99. The first-order valence-corrected chi connectivity index (χ1v) is 9.19. The van der Waals surface area contributed by atoms with Gasteiger partial charge in [-0.25, -0.2) is 0 Å². The first-order chi connectivity index (χ1) is 11.4. The van der Waals surface area contributed by atoms with E-state index >= 15 is 0 Å². The molecule has 1 aromatic rings. The highest BCUT2D eigenvalue weighted by molar-refractivity contribution is 5.14. The number of hydrogen-bond donors (Lipinski definition) is 1. The number of hydrogen-bond acceptors (Lipinski definition) is 5. The molecule has 24 heavy (non-hydrogen) atoms. The van der Waals surface area contributed by atoms with Gasteiger partial charge in [0.05, 0.1) is 0 Å². The standard InChI is InChI=1S/C19H34N4O/c1-13(2)18-10-16(11-19-22-21-15(4)24-19)14(3)9-17(18)12-20-7-8-23(5)6/h9,13,16-18,20H,7-8,10-12H2,1-6H3/t16-,17+,18+/m1/s1. The molecule has 1 aliphatic rings. The zero-order valence-corrected chi connectivity index (χ0v) is 16.2. The van der Waals surface area contributed by atoms with Gasteiger partial charge in [0.25, 0.3) is 0 Å². The number of aromatic nitrogens is 2. The summed E-state index contributed by atoms with van der Waals surface area (Å²) in [4.78, 5) is 2.22. The molecule has 0 fully saturated rings. The smallest absolute Gasteiger partial charge is 0.217 e. The van der Waals surface area contributed by atoms with E-state index in [-0.39, 0.29) is 0 Å². The largest absolute Gasteiger partial charge is 0.426 e. The first-order valence-electron chi connectivity index (χ1n) is 9.19. The normalized spacial score (nSPS) is 24.7. The van der Waals surface area contributed by atoms with E-state index in [1.54, 1.807) is 0 Å². The van der Waals surface area contributed by atoms with Crippen LogP contribution < -0.4 is 5.32 Å². The molecule has 1 N–H and O–H groups in total. The van der Waals surface area contributed by atoms with Crippen molar-refractivity contribution in [2.45, 2.75) is 40.5 Å². The Balaban J connectivity index is 1.98. The topological polar surface area (TPSA) is 54.2 Å². The maximum Gasteiger partial charge on any atom is 0.217 e. The van der Waals surface area contributed by atoms with Crippen LogP contribution in [-0.4, -0.2) is 48.8 Å². The van der Waals surface area contributed by atoms with E-state index in [9.17, 15) is 0 Å². The fraction of sp³-hybridized carbons (Fsp3) is 0.789. The predicted octanol–water partition coefficient (Wildman–Crippen LogP) is 2.93. The second kappa shape index (κ2) is 8.77. The average Bonchev–Trinajstić information content (AvgIpc) is 2.90. The van der Waals surface area contributed by atoms with Gasteiger partial charge in [-0.3, -0.25) is 0 Å². The number of nitrogens with zero attached hydrogens (tertiary/aromatic N) is 3. The lowest BCUT2D eigenvalue weighted by Gasteiger charge is -2.37. The predicted molar refractivity (Wildman–Crippen MR) is 97.8 cm³/mol.